The van der Waals surface area contributed by atoms with E-state index in [0.717, 1.165) is 29.8 Å². The van der Waals surface area contributed by atoms with Gasteiger partial charge in [-0.25, -0.2) is 4.98 Å². The molecule has 0 fully saturated rings. The van der Waals surface area contributed by atoms with Gasteiger partial charge in [0.25, 0.3) is 0 Å². The predicted octanol–water partition coefficient (Wildman–Crippen LogP) is 5.58. The molecule has 0 saturated carbocycles. The van der Waals surface area contributed by atoms with Crippen molar-refractivity contribution < 1.29 is 4.79 Å². The fourth-order valence-corrected chi connectivity index (χ4v) is 4.66. The molecule has 0 radical (unpaired) electrons. The third-order valence-corrected chi connectivity index (χ3v) is 7.61. The van der Waals surface area contributed by atoms with E-state index in [0.29, 0.717) is 40.4 Å². The SMILES string of the molecule is CCCNC(=S)N(Cc1cccc(Cl)c1Cl)CC(NC(=O)Cc1cncn1Cc1ccc(C#N)cc1)C(C)C. The Bertz CT molecular complexity index is 1300. The summed E-state index contributed by atoms with van der Waals surface area (Å²) in [6, 6.07) is 14.9. The Balaban J connectivity index is 1.70. The highest BCUT2D eigenvalue weighted by molar-refractivity contribution is 7.80. The summed E-state index contributed by atoms with van der Waals surface area (Å²) in [6.45, 7) is 8.52. The van der Waals surface area contributed by atoms with Crippen LogP contribution in [-0.4, -0.2) is 44.6 Å². The molecule has 1 heterocycles. The number of nitrogens with zero attached hydrogens (tertiary/aromatic N) is 4. The van der Waals surface area contributed by atoms with Crippen LogP contribution in [0.5, 0.6) is 0 Å². The molecule has 1 amide bonds. The van der Waals surface area contributed by atoms with Gasteiger partial charge in [0, 0.05) is 44.1 Å². The molecule has 1 atom stereocenters. The number of carbonyl (C=O) groups is 1. The first-order chi connectivity index (χ1) is 18.7. The number of rotatable bonds is 12. The van der Waals surface area contributed by atoms with Gasteiger partial charge in [0.1, 0.15) is 0 Å². The number of nitrogens with one attached hydrogen (secondary N) is 2. The van der Waals surface area contributed by atoms with Gasteiger partial charge in [-0.05, 0) is 53.9 Å². The average Bonchev–Trinajstić information content (AvgIpc) is 3.35. The summed E-state index contributed by atoms with van der Waals surface area (Å²) >= 11 is 18.5. The fourth-order valence-electron chi connectivity index (χ4n) is 4.04. The van der Waals surface area contributed by atoms with E-state index in [1.807, 2.05) is 33.7 Å². The van der Waals surface area contributed by atoms with Crippen molar-refractivity contribution in [2.24, 2.45) is 5.92 Å². The van der Waals surface area contributed by atoms with Gasteiger partial charge in [0.2, 0.25) is 5.91 Å². The number of thiocarbonyl (C=S) groups is 1. The monoisotopic (exact) mass is 584 g/mol. The van der Waals surface area contributed by atoms with E-state index in [9.17, 15) is 4.79 Å². The van der Waals surface area contributed by atoms with Crippen LogP contribution in [0.1, 0.15) is 49.6 Å². The smallest absolute Gasteiger partial charge is 0.226 e. The van der Waals surface area contributed by atoms with E-state index in [2.05, 4.69) is 42.5 Å². The standard InChI is InChI=1S/C29H34Cl2N6OS/c1-4-12-34-29(39)36(17-23-6-5-7-25(30)28(23)31)18-26(20(2)3)35-27(38)13-24-15-33-19-37(24)16-22-10-8-21(14-32)9-11-22/h5-11,15,19-20,26H,4,12-13,16-18H2,1-3H3,(H,34,39)(H,35,38). The lowest BCUT2D eigenvalue weighted by Crippen LogP contribution is -2.50. The van der Waals surface area contributed by atoms with Crippen molar-refractivity contribution in [2.75, 3.05) is 13.1 Å². The van der Waals surface area contributed by atoms with Crippen LogP contribution in [0.4, 0.5) is 0 Å². The highest BCUT2D eigenvalue weighted by atomic mass is 35.5. The van der Waals surface area contributed by atoms with Crippen molar-refractivity contribution in [3.05, 3.63) is 87.4 Å². The molecule has 3 aromatic rings. The zero-order valence-electron chi connectivity index (χ0n) is 22.5. The number of hydrogen-bond acceptors (Lipinski definition) is 4. The van der Waals surface area contributed by atoms with Gasteiger partial charge in [-0.15, -0.1) is 0 Å². The van der Waals surface area contributed by atoms with E-state index < -0.39 is 0 Å². The number of amides is 1. The molecule has 0 aliphatic carbocycles. The zero-order valence-corrected chi connectivity index (χ0v) is 24.8. The molecule has 0 aliphatic heterocycles. The number of aromatic nitrogens is 2. The van der Waals surface area contributed by atoms with Gasteiger partial charge >= 0.3 is 0 Å². The van der Waals surface area contributed by atoms with Gasteiger partial charge in [-0.1, -0.05) is 68.2 Å². The van der Waals surface area contributed by atoms with Crippen LogP contribution in [-0.2, 0) is 24.3 Å². The first-order valence-electron chi connectivity index (χ1n) is 12.9. The predicted molar refractivity (Wildman–Crippen MR) is 161 cm³/mol. The van der Waals surface area contributed by atoms with Crippen LogP contribution in [0.15, 0.2) is 55.0 Å². The Kier molecular flexibility index (Phi) is 11.6. The van der Waals surface area contributed by atoms with Gasteiger partial charge in [-0.2, -0.15) is 5.26 Å². The van der Waals surface area contributed by atoms with Crippen LogP contribution in [0, 0.1) is 17.2 Å². The van der Waals surface area contributed by atoms with Crippen LogP contribution < -0.4 is 10.6 Å². The lowest BCUT2D eigenvalue weighted by Gasteiger charge is -2.32. The van der Waals surface area contributed by atoms with E-state index >= 15 is 0 Å². The molecule has 206 valence electrons. The van der Waals surface area contributed by atoms with Crippen molar-refractivity contribution in [1.82, 2.24) is 25.1 Å². The number of hydrogen-bond donors (Lipinski definition) is 2. The second-order valence-electron chi connectivity index (χ2n) is 9.74. The molecule has 39 heavy (non-hydrogen) atoms. The third-order valence-electron chi connectivity index (χ3n) is 6.35. The Hall–Kier alpha value is -3.12. The molecule has 0 bridgehead atoms. The summed E-state index contributed by atoms with van der Waals surface area (Å²) in [7, 11) is 0. The molecule has 1 unspecified atom stereocenters. The van der Waals surface area contributed by atoms with Crippen molar-refractivity contribution >= 4 is 46.4 Å². The van der Waals surface area contributed by atoms with Crippen molar-refractivity contribution in [3.63, 3.8) is 0 Å². The van der Waals surface area contributed by atoms with Gasteiger partial charge in [0.15, 0.2) is 5.11 Å². The summed E-state index contributed by atoms with van der Waals surface area (Å²) in [4.78, 5) is 19.5. The molecule has 7 nitrogen and oxygen atoms in total. The first kappa shape index (κ1) is 30.4. The average molecular weight is 586 g/mol. The van der Waals surface area contributed by atoms with E-state index in [1.54, 1.807) is 30.7 Å². The van der Waals surface area contributed by atoms with E-state index in [4.69, 9.17) is 40.7 Å². The topological polar surface area (TPSA) is 86.0 Å². The fraction of sp³-hybridized carbons (Fsp3) is 0.379. The minimum absolute atomic E-state index is 0.0940. The quantitative estimate of drug-likeness (QED) is 0.270. The lowest BCUT2D eigenvalue weighted by atomic mass is 10.0. The first-order valence-corrected chi connectivity index (χ1v) is 14.1. The number of carbonyl (C=O) groups excluding carboxylic acids is 1. The van der Waals surface area contributed by atoms with Crippen LogP contribution in [0.3, 0.4) is 0 Å². The summed E-state index contributed by atoms with van der Waals surface area (Å²) in [5.41, 5.74) is 3.31. The molecule has 10 heteroatoms. The van der Waals surface area contributed by atoms with Crippen LogP contribution >= 0.6 is 35.4 Å². The Labute approximate surface area is 246 Å². The van der Waals surface area contributed by atoms with Gasteiger partial charge in [-0.3, -0.25) is 4.79 Å². The highest BCUT2D eigenvalue weighted by Gasteiger charge is 2.23. The van der Waals surface area contributed by atoms with E-state index in [1.165, 1.54) is 0 Å². The molecule has 2 aromatic carbocycles. The van der Waals surface area contributed by atoms with Crippen LogP contribution in [0.2, 0.25) is 10.0 Å². The second-order valence-corrected chi connectivity index (χ2v) is 10.9. The third kappa shape index (κ3) is 8.96. The molecular weight excluding hydrogens is 551 g/mol. The molecule has 3 rings (SSSR count). The van der Waals surface area contributed by atoms with Crippen LogP contribution in [0.25, 0.3) is 0 Å². The summed E-state index contributed by atoms with van der Waals surface area (Å²) in [5, 5.41) is 17.1. The zero-order chi connectivity index (χ0) is 28.4. The highest BCUT2D eigenvalue weighted by Crippen LogP contribution is 2.27. The molecule has 0 spiro atoms. The molecule has 2 N–H and O–H groups in total. The lowest BCUT2D eigenvalue weighted by molar-refractivity contribution is -0.121. The minimum atomic E-state index is -0.160. The Morgan fingerprint density at radius 2 is 1.95 bits per heavy atom. The number of benzene rings is 2. The van der Waals surface area contributed by atoms with Gasteiger partial charge in [0.05, 0.1) is 34.4 Å². The number of nitriles is 1. The Morgan fingerprint density at radius 1 is 1.21 bits per heavy atom. The van der Waals surface area contributed by atoms with Crippen molar-refractivity contribution in [3.8, 4) is 6.07 Å². The number of halogens is 2. The molecular formula is C29H34Cl2N6OS. The second kappa shape index (κ2) is 14.9. The summed E-state index contributed by atoms with van der Waals surface area (Å²) in [5.74, 6) is 0.0623. The molecule has 1 aromatic heterocycles. The minimum Gasteiger partial charge on any atom is -0.363 e. The summed E-state index contributed by atoms with van der Waals surface area (Å²) in [6.07, 6.45) is 4.56. The normalized spacial score (nSPS) is 11.6. The maximum absolute atomic E-state index is 13.2. The number of imidazole rings is 1. The molecule has 0 aliphatic rings. The Morgan fingerprint density at radius 3 is 2.62 bits per heavy atom. The van der Waals surface area contributed by atoms with Crippen molar-refractivity contribution in [2.45, 2.75) is 52.7 Å². The maximum Gasteiger partial charge on any atom is 0.226 e. The van der Waals surface area contributed by atoms with E-state index in [-0.39, 0.29) is 24.3 Å². The van der Waals surface area contributed by atoms with Crippen molar-refractivity contribution in [1.29, 1.82) is 5.26 Å². The maximum atomic E-state index is 13.2. The molecule has 0 saturated heterocycles. The summed E-state index contributed by atoms with van der Waals surface area (Å²) < 4.78 is 1.95. The largest absolute Gasteiger partial charge is 0.363 e. The van der Waals surface area contributed by atoms with Gasteiger partial charge < -0.3 is 20.1 Å².